The van der Waals surface area contributed by atoms with Crippen molar-refractivity contribution in [2.24, 2.45) is 28.9 Å². The van der Waals surface area contributed by atoms with Crippen LogP contribution in [0.4, 0.5) is 0 Å². The van der Waals surface area contributed by atoms with Crippen molar-refractivity contribution in [3.8, 4) is 0 Å². The molecule has 222 valence electrons. The van der Waals surface area contributed by atoms with Crippen molar-refractivity contribution in [1.82, 2.24) is 10.6 Å². The lowest BCUT2D eigenvalue weighted by molar-refractivity contribution is -0.0250. The molecule has 1 aliphatic heterocycles. The maximum atomic E-state index is 10.8. The summed E-state index contributed by atoms with van der Waals surface area (Å²) in [5.74, 6) is 1.96. The molecule has 5 nitrogen and oxygen atoms in total. The van der Waals surface area contributed by atoms with Gasteiger partial charge in [0.2, 0.25) is 0 Å². The van der Waals surface area contributed by atoms with Gasteiger partial charge in [0.25, 0.3) is 0 Å². The van der Waals surface area contributed by atoms with E-state index < -0.39 is 5.60 Å². The van der Waals surface area contributed by atoms with Gasteiger partial charge in [-0.2, -0.15) is 0 Å². The smallest absolute Gasteiger partial charge is 0.0938 e. The standard InChI is InChI=1S/C15H26O.C13H22N2O.C4H10.CH5N/c1-6-12-8-10-13(11-9-12)15(16,7-2)14(3,4)5;1-3-5-11(6-4-2)12-7-13(15-8-12)9-14-10-16;1-4(2)3;1-2/h8,10-12,16H,6-7,9H2,1-5H3;3,5-7,12,14-16H,4,8-10H2,1-2H3;4H,1-3H3;2H2,1H3/b;5-3-,11-6+;;/t12?,15-;;;/m0.../s1. The van der Waals surface area contributed by atoms with Crippen LogP contribution in [0.5, 0.6) is 0 Å². The van der Waals surface area contributed by atoms with Crippen LogP contribution < -0.4 is 16.4 Å². The molecule has 2 aliphatic rings. The molecule has 0 radical (unpaired) electrons. The number of hydrogen-bond donors (Lipinski definition) is 5. The van der Waals surface area contributed by atoms with Crippen molar-refractivity contribution in [1.29, 1.82) is 0 Å². The number of nitrogens with two attached hydrogens (primary N) is 1. The molecule has 0 aromatic carbocycles. The molecule has 0 aromatic heterocycles. The Morgan fingerprint density at radius 3 is 2.18 bits per heavy atom. The topological polar surface area (TPSA) is 90.5 Å². The van der Waals surface area contributed by atoms with Crippen molar-refractivity contribution in [2.45, 2.75) is 101 Å². The highest BCUT2D eigenvalue weighted by Gasteiger charge is 2.41. The van der Waals surface area contributed by atoms with E-state index in [-0.39, 0.29) is 12.1 Å². The Hall–Kier alpha value is -1.66. The highest BCUT2D eigenvalue weighted by atomic mass is 16.3. The molecular weight excluding hydrogens is 470 g/mol. The zero-order valence-electron chi connectivity index (χ0n) is 26.7. The Bertz CT molecular complexity index is 754. The van der Waals surface area contributed by atoms with Crippen molar-refractivity contribution < 1.29 is 10.2 Å². The minimum atomic E-state index is -0.692. The summed E-state index contributed by atoms with van der Waals surface area (Å²) >= 11 is 0. The fourth-order valence-electron chi connectivity index (χ4n) is 4.34. The average molecular weight is 534 g/mol. The van der Waals surface area contributed by atoms with Gasteiger partial charge in [-0.3, -0.25) is 5.32 Å². The molecule has 5 heteroatoms. The van der Waals surface area contributed by atoms with Crippen LogP contribution in [0.3, 0.4) is 0 Å². The fraction of sp³-hybridized carbons (Fsp3) is 0.697. The van der Waals surface area contributed by atoms with Crippen molar-refractivity contribution in [2.75, 3.05) is 26.9 Å². The number of hydrogen-bond acceptors (Lipinski definition) is 5. The second-order valence-electron chi connectivity index (χ2n) is 11.5. The average Bonchev–Trinajstić information content (AvgIpc) is 3.36. The Labute approximate surface area is 236 Å². The first-order valence-electron chi connectivity index (χ1n) is 14.7. The van der Waals surface area contributed by atoms with Gasteiger partial charge in [-0.25, -0.2) is 0 Å². The summed E-state index contributed by atoms with van der Waals surface area (Å²) in [5.41, 5.74) is 7.34. The predicted molar refractivity (Wildman–Crippen MR) is 169 cm³/mol. The Kier molecular flexibility index (Phi) is 21.5. The zero-order valence-corrected chi connectivity index (χ0v) is 26.7. The third-order valence-corrected chi connectivity index (χ3v) is 6.55. The van der Waals surface area contributed by atoms with E-state index >= 15 is 0 Å². The van der Waals surface area contributed by atoms with Gasteiger partial charge in [0, 0.05) is 24.7 Å². The summed E-state index contributed by atoms with van der Waals surface area (Å²) in [6, 6.07) is 0. The zero-order chi connectivity index (χ0) is 29.8. The SMILES string of the molecule is C/C=C\C(=C/CC)C1C=C(CNCO)NC1.CC(C)C.CCC1C=CC([C@@](O)(CC)C(C)(C)C)=CC1.CN. The molecule has 2 unspecified atom stereocenters. The van der Waals surface area contributed by atoms with Crippen molar-refractivity contribution in [3.63, 3.8) is 0 Å². The summed E-state index contributed by atoms with van der Waals surface area (Å²) in [6.07, 6.45) is 19.5. The number of aliphatic hydroxyl groups is 2. The lowest BCUT2D eigenvalue weighted by Gasteiger charge is -2.42. The van der Waals surface area contributed by atoms with Crippen LogP contribution in [0.15, 0.2) is 59.4 Å². The second-order valence-corrected chi connectivity index (χ2v) is 11.5. The molecule has 3 atom stereocenters. The largest absolute Gasteiger partial charge is 0.387 e. The van der Waals surface area contributed by atoms with E-state index in [4.69, 9.17) is 5.11 Å². The molecular formula is C33H63N3O2. The molecule has 2 rings (SSSR count). The van der Waals surface area contributed by atoms with E-state index in [1.165, 1.54) is 24.7 Å². The number of allylic oxidation sites excluding steroid dienone is 5. The van der Waals surface area contributed by atoms with Gasteiger partial charge in [0.1, 0.15) is 0 Å². The molecule has 0 amide bonds. The third-order valence-electron chi connectivity index (χ3n) is 6.55. The summed E-state index contributed by atoms with van der Waals surface area (Å²) < 4.78 is 0. The quantitative estimate of drug-likeness (QED) is 0.165. The van der Waals surface area contributed by atoms with Crippen LogP contribution in [-0.2, 0) is 0 Å². The Morgan fingerprint density at radius 1 is 1.18 bits per heavy atom. The molecule has 0 bridgehead atoms. The summed E-state index contributed by atoms with van der Waals surface area (Å²) in [4.78, 5) is 0. The van der Waals surface area contributed by atoms with Crippen LogP contribution in [0.1, 0.15) is 94.9 Å². The van der Waals surface area contributed by atoms with E-state index in [1.807, 2.05) is 6.92 Å². The lowest BCUT2D eigenvalue weighted by Crippen LogP contribution is -2.44. The van der Waals surface area contributed by atoms with Gasteiger partial charge in [-0.15, -0.1) is 0 Å². The first-order valence-corrected chi connectivity index (χ1v) is 14.7. The monoisotopic (exact) mass is 533 g/mol. The molecule has 0 fully saturated rings. The minimum Gasteiger partial charge on any atom is -0.387 e. The van der Waals surface area contributed by atoms with Gasteiger partial charge in [0.15, 0.2) is 0 Å². The van der Waals surface area contributed by atoms with E-state index in [1.54, 1.807) is 0 Å². The fourth-order valence-corrected chi connectivity index (χ4v) is 4.34. The first-order chi connectivity index (χ1) is 17.9. The van der Waals surface area contributed by atoms with Crippen LogP contribution in [0, 0.1) is 23.2 Å². The molecule has 38 heavy (non-hydrogen) atoms. The van der Waals surface area contributed by atoms with E-state index in [9.17, 15) is 5.11 Å². The highest BCUT2D eigenvalue weighted by Crippen LogP contribution is 2.41. The third kappa shape index (κ3) is 14.5. The molecule has 0 saturated carbocycles. The van der Waals surface area contributed by atoms with Gasteiger partial charge in [-0.05, 0) is 68.1 Å². The number of aliphatic hydroxyl groups excluding tert-OH is 1. The molecule has 0 spiro atoms. The summed E-state index contributed by atoms with van der Waals surface area (Å²) in [5, 5.41) is 25.8. The van der Waals surface area contributed by atoms with Crippen molar-refractivity contribution >= 4 is 0 Å². The Morgan fingerprint density at radius 2 is 1.79 bits per heavy atom. The van der Waals surface area contributed by atoms with Gasteiger partial charge in [-0.1, -0.05) is 105 Å². The predicted octanol–water partition coefficient (Wildman–Crippen LogP) is 6.86. The van der Waals surface area contributed by atoms with E-state index in [0.717, 1.165) is 37.3 Å². The van der Waals surface area contributed by atoms with Crippen LogP contribution >= 0.6 is 0 Å². The molecule has 6 N–H and O–H groups in total. The maximum Gasteiger partial charge on any atom is 0.0938 e. The summed E-state index contributed by atoms with van der Waals surface area (Å²) in [6.45, 7) is 23.0. The maximum absolute atomic E-state index is 10.8. The number of nitrogens with one attached hydrogen (secondary N) is 2. The van der Waals surface area contributed by atoms with Gasteiger partial charge < -0.3 is 21.3 Å². The number of rotatable bonds is 9. The molecule has 0 aromatic rings. The van der Waals surface area contributed by atoms with Crippen LogP contribution in [0.25, 0.3) is 0 Å². The highest BCUT2D eigenvalue weighted by molar-refractivity contribution is 5.34. The van der Waals surface area contributed by atoms with E-state index in [2.05, 4.69) is 121 Å². The van der Waals surface area contributed by atoms with Crippen molar-refractivity contribution in [3.05, 3.63) is 59.4 Å². The Balaban J connectivity index is 0. The first kappa shape index (κ1) is 38.5. The molecule has 0 saturated heterocycles. The van der Waals surface area contributed by atoms with Crippen LogP contribution in [0.2, 0.25) is 0 Å². The molecule has 1 heterocycles. The van der Waals surface area contributed by atoms with Gasteiger partial charge in [0.05, 0.1) is 12.3 Å². The van der Waals surface area contributed by atoms with E-state index in [0.29, 0.717) is 18.4 Å². The minimum absolute atomic E-state index is 0.0240. The molecule has 1 aliphatic carbocycles. The lowest BCUT2D eigenvalue weighted by atomic mass is 9.69. The normalized spacial score (nSPS) is 20.7. The second kappa shape index (κ2) is 21.2. The van der Waals surface area contributed by atoms with Gasteiger partial charge >= 0.3 is 0 Å². The summed E-state index contributed by atoms with van der Waals surface area (Å²) in [7, 11) is 1.50. The van der Waals surface area contributed by atoms with Crippen LogP contribution in [-0.4, -0.2) is 42.7 Å².